The van der Waals surface area contributed by atoms with E-state index in [9.17, 15) is 9.59 Å². The highest BCUT2D eigenvalue weighted by atomic mass is 35.5. The summed E-state index contributed by atoms with van der Waals surface area (Å²) < 4.78 is 1.64. The summed E-state index contributed by atoms with van der Waals surface area (Å²) in [5, 5.41) is 11.3. The number of anilines is 1. The summed E-state index contributed by atoms with van der Waals surface area (Å²) in [5.74, 6) is -0.483. The average molecular weight is 429 g/mol. The highest BCUT2D eigenvalue weighted by molar-refractivity contribution is 6.31. The predicted molar refractivity (Wildman–Crippen MR) is 113 cm³/mol. The standard InChI is InChI=1S/C21H18Cl2N4O2/c1-11-16-17(13-4-3-5-15(23)10-13)18(21(29)25-19(16)27(2)26-11)24-20(28)12-6-8-14(22)9-7-12/h3-10,17-18H,1-2H3,(H,24,28)(H,25,29). The van der Waals surface area contributed by atoms with Crippen molar-refractivity contribution in [2.75, 3.05) is 5.32 Å². The number of carbonyl (C=O) groups is 2. The molecule has 2 amide bonds. The minimum Gasteiger partial charge on any atom is -0.339 e. The van der Waals surface area contributed by atoms with Gasteiger partial charge in [-0.2, -0.15) is 5.10 Å². The van der Waals surface area contributed by atoms with Gasteiger partial charge in [0.05, 0.1) is 5.69 Å². The number of rotatable bonds is 3. The molecule has 3 aromatic rings. The van der Waals surface area contributed by atoms with E-state index in [1.165, 1.54) is 0 Å². The molecule has 29 heavy (non-hydrogen) atoms. The van der Waals surface area contributed by atoms with Gasteiger partial charge in [-0.05, 0) is 48.9 Å². The van der Waals surface area contributed by atoms with Crippen molar-refractivity contribution in [1.29, 1.82) is 0 Å². The van der Waals surface area contributed by atoms with Crippen LogP contribution in [0.5, 0.6) is 0 Å². The Morgan fingerprint density at radius 2 is 1.86 bits per heavy atom. The summed E-state index contributed by atoms with van der Waals surface area (Å²) in [6.07, 6.45) is 0. The Labute approximate surface area is 177 Å². The van der Waals surface area contributed by atoms with E-state index >= 15 is 0 Å². The molecule has 2 unspecified atom stereocenters. The number of nitrogens with zero attached hydrogens (tertiary/aromatic N) is 2. The molecule has 1 aromatic heterocycles. The van der Waals surface area contributed by atoms with Crippen molar-refractivity contribution >= 4 is 40.8 Å². The predicted octanol–water partition coefficient (Wildman–Crippen LogP) is 3.92. The number of hydrogen-bond donors (Lipinski definition) is 2. The van der Waals surface area contributed by atoms with Crippen LogP contribution in [0.1, 0.15) is 33.1 Å². The molecule has 4 rings (SSSR count). The molecule has 0 saturated carbocycles. The van der Waals surface area contributed by atoms with Crippen LogP contribution in [0.4, 0.5) is 5.82 Å². The summed E-state index contributed by atoms with van der Waals surface area (Å²) in [6, 6.07) is 13.0. The zero-order valence-corrected chi connectivity index (χ0v) is 17.3. The number of nitrogens with one attached hydrogen (secondary N) is 2. The molecule has 1 aliphatic rings. The maximum absolute atomic E-state index is 13.0. The van der Waals surface area contributed by atoms with Crippen LogP contribution in [0.25, 0.3) is 0 Å². The Kier molecular flexibility index (Phi) is 5.06. The molecular weight excluding hydrogens is 411 g/mol. The van der Waals surface area contributed by atoms with Gasteiger partial charge in [0, 0.05) is 34.1 Å². The SMILES string of the molecule is Cc1nn(C)c2c1C(c1cccc(Cl)c1)C(NC(=O)c1ccc(Cl)cc1)C(=O)N2. The summed E-state index contributed by atoms with van der Waals surface area (Å²) in [5.41, 5.74) is 2.88. The second-order valence-electron chi connectivity index (χ2n) is 6.95. The highest BCUT2D eigenvalue weighted by Crippen LogP contribution is 2.39. The lowest BCUT2D eigenvalue weighted by atomic mass is 9.82. The Bertz CT molecular complexity index is 1110. The normalized spacial score (nSPS) is 18.1. The molecule has 0 bridgehead atoms. The second kappa shape index (κ2) is 7.54. The minimum absolute atomic E-state index is 0.312. The van der Waals surface area contributed by atoms with Crippen molar-refractivity contribution in [1.82, 2.24) is 15.1 Å². The minimum atomic E-state index is -0.827. The summed E-state index contributed by atoms with van der Waals surface area (Å²) in [4.78, 5) is 25.8. The van der Waals surface area contributed by atoms with Crippen LogP contribution in [0, 0.1) is 6.92 Å². The number of fused-ring (bicyclic) bond motifs is 1. The van der Waals surface area contributed by atoms with E-state index in [-0.39, 0.29) is 11.8 Å². The first-order chi connectivity index (χ1) is 13.8. The molecule has 0 spiro atoms. The lowest BCUT2D eigenvalue weighted by Crippen LogP contribution is -2.50. The van der Waals surface area contributed by atoms with E-state index in [4.69, 9.17) is 23.2 Å². The van der Waals surface area contributed by atoms with E-state index in [1.54, 1.807) is 42.1 Å². The summed E-state index contributed by atoms with van der Waals surface area (Å²) >= 11 is 12.1. The number of amides is 2. The van der Waals surface area contributed by atoms with Crippen LogP contribution >= 0.6 is 23.2 Å². The average Bonchev–Trinajstić information content (AvgIpc) is 2.96. The molecule has 0 radical (unpaired) electrons. The van der Waals surface area contributed by atoms with Crippen molar-refractivity contribution in [3.05, 3.63) is 81.0 Å². The molecule has 2 heterocycles. The Morgan fingerprint density at radius 1 is 1.14 bits per heavy atom. The van der Waals surface area contributed by atoms with E-state index in [0.29, 0.717) is 21.4 Å². The van der Waals surface area contributed by atoms with Gasteiger partial charge in [0.25, 0.3) is 5.91 Å². The van der Waals surface area contributed by atoms with Crippen molar-refractivity contribution in [3.8, 4) is 0 Å². The Hall–Kier alpha value is -2.83. The van der Waals surface area contributed by atoms with Gasteiger partial charge < -0.3 is 10.6 Å². The van der Waals surface area contributed by atoms with Crippen LogP contribution in [0.2, 0.25) is 10.0 Å². The van der Waals surface area contributed by atoms with Crippen LogP contribution < -0.4 is 10.6 Å². The number of aromatic nitrogens is 2. The second-order valence-corrected chi connectivity index (χ2v) is 7.82. The third kappa shape index (κ3) is 3.61. The molecular formula is C21H18Cl2N4O2. The maximum atomic E-state index is 13.0. The molecule has 2 atom stereocenters. The van der Waals surface area contributed by atoms with Gasteiger partial charge in [0.1, 0.15) is 11.9 Å². The van der Waals surface area contributed by atoms with Crippen molar-refractivity contribution in [2.24, 2.45) is 7.05 Å². The maximum Gasteiger partial charge on any atom is 0.251 e. The van der Waals surface area contributed by atoms with E-state index in [1.807, 2.05) is 25.1 Å². The van der Waals surface area contributed by atoms with Gasteiger partial charge >= 0.3 is 0 Å². The van der Waals surface area contributed by atoms with Gasteiger partial charge in [0.15, 0.2) is 0 Å². The fourth-order valence-electron chi connectivity index (χ4n) is 3.74. The largest absolute Gasteiger partial charge is 0.339 e. The van der Waals surface area contributed by atoms with Crippen LogP contribution in [0.15, 0.2) is 48.5 Å². The van der Waals surface area contributed by atoms with Crippen molar-refractivity contribution in [3.63, 3.8) is 0 Å². The number of hydrogen-bond acceptors (Lipinski definition) is 3. The molecule has 0 aliphatic carbocycles. The van der Waals surface area contributed by atoms with E-state index in [0.717, 1.165) is 16.8 Å². The molecule has 0 fully saturated rings. The third-order valence-corrected chi connectivity index (χ3v) is 5.52. The zero-order chi connectivity index (χ0) is 20.7. The first-order valence-electron chi connectivity index (χ1n) is 9.01. The first-order valence-corrected chi connectivity index (χ1v) is 9.77. The lowest BCUT2D eigenvalue weighted by molar-refractivity contribution is -0.118. The van der Waals surface area contributed by atoms with Crippen LogP contribution in [0.3, 0.4) is 0 Å². The number of aryl methyl sites for hydroxylation is 2. The third-order valence-electron chi connectivity index (χ3n) is 5.04. The summed E-state index contributed by atoms with van der Waals surface area (Å²) in [6.45, 7) is 1.88. The van der Waals surface area contributed by atoms with Crippen molar-refractivity contribution < 1.29 is 9.59 Å². The van der Waals surface area contributed by atoms with E-state index in [2.05, 4.69) is 15.7 Å². The van der Waals surface area contributed by atoms with Gasteiger partial charge in [-0.3, -0.25) is 14.3 Å². The molecule has 6 nitrogen and oxygen atoms in total. The molecule has 1 aliphatic heterocycles. The smallest absolute Gasteiger partial charge is 0.251 e. The Balaban J connectivity index is 1.78. The van der Waals surface area contributed by atoms with Crippen LogP contribution in [-0.2, 0) is 11.8 Å². The lowest BCUT2D eigenvalue weighted by Gasteiger charge is -2.32. The highest BCUT2D eigenvalue weighted by Gasteiger charge is 2.41. The van der Waals surface area contributed by atoms with Crippen molar-refractivity contribution in [2.45, 2.75) is 18.9 Å². The molecule has 8 heteroatoms. The van der Waals surface area contributed by atoms with Gasteiger partial charge in [0.2, 0.25) is 5.91 Å². The van der Waals surface area contributed by atoms with E-state index < -0.39 is 12.0 Å². The molecule has 148 valence electrons. The summed E-state index contributed by atoms with van der Waals surface area (Å²) in [7, 11) is 1.77. The molecule has 0 saturated heterocycles. The fraction of sp³-hybridized carbons (Fsp3) is 0.190. The molecule has 2 aromatic carbocycles. The number of benzene rings is 2. The Morgan fingerprint density at radius 3 is 2.55 bits per heavy atom. The first kappa shape index (κ1) is 19.5. The van der Waals surface area contributed by atoms with Gasteiger partial charge in [-0.15, -0.1) is 0 Å². The monoisotopic (exact) mass is 428 g/mol. The number of carbonyl (C=O) groups excluding carboxylic acids is 2. The zero-order valence-electron chi connectivity index (χ0n) is 15.7. The number of halogens is 2. The quantitative estimate of drug-likeness (QED) is 0.663. The van der Waals surface area contributed by atoms with Crippen LogP contribution in [-0.4, -0.2) is 27.6 Å². The topological polar surface area (TPSA) is 76.0 Å². The van der Waals surface area contributed by atoms with Gasteiger partial charge in [-0.25, -0.2) is 0 Å². The fourth-order valence-corrected chi connectivity index (χ4v) is 4.07. The molecule has 2 N–H and O–H groups in total. The van der Waals surface area contributed by atoms with Gasteiger partial charge in [-0.1, -0.05) is 35.3 Å².